The molecule has 1 aliphatic heterocycles. The van der Waals surface area contributed by atoms with E-state index in [-0.39, 0.29) is 12.2 Å². The number of ether oxygens (including phenoxy) is 2. The molecule has 0 amide bonds. The molecule has 3 nitrogen and oxygen atoms in total. The normalized spacial score (nSPS) is 31.6. The Morgan fingerprint density at radius 3 is 2.71 bits per heavy atom. The largest absolute Gasteiger partial charge is 0.467 e. The SMILES string of the molecule is C[C@@H]1C[C@H](c2ccco2)OC(C)(C)O1. The predicted octanol–water partition coefficient (Wildman–Crippen LogP) is 2.88. The van der Waals surface area contributed by atoms with Crippen LogP contribution in [0.25, 0.3) is 0 Å². The van der Waals surface area contributed by atoms with E-state index in [0.717, 1.165) is 12.2 Å². The van der Waals surface area contributed by atoms with Gasteiger partial charge in [-0.15, -0.1) is 0 Å². The zero-order valence-corrected chi connectivity index (χ0v) is 8.82. The summed E-state index contributed by atoms with van der Waals surface area (Å²) in [6.45, 7) is 5.91. The first-order valence-electron chi connectivity index (χ1n) is 4.96. The summed E-state index contributed by atoms with van der Waals surface area (Å²) in [5, 5.41) is 0. The molecule has 2 rings (SSSR count). The first-order valence-corrected chi connectivity index (χ1v) is 4.96. The summed E-state index contributed by atoms with van der Waals surface area (Å²) < 4.78 is 16.7. The van der Waals surface area contributed by atoms with Crippen LogP contribution in [0.4, 0.5) is 0 Å². The molecule has 1 aromatic rings. The molecule has 2 heterocycles. The molecule has 1 aromatic heterocycles. The highest BCUT2D eigenvalue weighted by molar-refractivity contribution is 5.03. The molecule has 14 heavy (non-hydrogen) atoms. The Bertz CT molecular complexity index is 289. The second-order valence-corrected chi connectivity index (χ2v) is 4.19. The van der Waals surface area contributed by atoms with Crippen LogP contribution in [-0.2, 0) is 9.47 Å². The minimum Gasteiger partial charge on any atom is -0.467 e. The molecule has 0 N–H and O–H groups in total. The summed E-state index contributed by atoms with van der Waals surface area (Å²) in [4.78, 5) is 0. The average molecular weight is 196 g/mol. The fraction of sp³-hybridized carbons (Fsp3) is 0.636. The highest BCUT2D eigenvalue weighted by Crippen LogP contribution is 2.35. The zero-order valence-electron chi connectivity index (χ0n) is 8.82. The topological polar surface area (TPSA) is 31.6 Å². The fourth-order valence-electron chi connectivity index (χ4n) is 1.90. The van der Waals surface area contributed by atoms with Crippen molar-refractivity contribution in [2.45, 2.75) is 45.2 Å². The van der Waals surface area contributed by atoms with Gasteiger partial charge in [0.15, 0.2) is 5.79 Å². The summed E-state index contributed by atoms with van der Waals surface area (Å²) in [5.74, 6) is 0.364. The molecule has 0 aromatic carbocycles. The molecule has 78 valence electrons. The van der Waals surface area contributed by atoms with E-state index in [0.29, 0.717) is 0 Å². The number of rotatable bonds is 1. The smallest absolute Gasteiger partial charge is 0.164 e. The van der Waals surface area contributed by atoms with Gasteiger partial charge in [0.2, 0.25) is 0 Å². The van der Waals surface area contributed by atoms with Crippen molar-refractivity contribution in [3.05, 3.63) is 24.2 Å². The third-order valence-corrected chi connectivity index (χ3v) is 2.32. The molecule has 1 aliphatic rings. The average Bonchev–Trinajstić information content (AvgIpc) is 2.51. The molecule has 0 bridgehead atoms. The van der Waals surface area contributed by atoms with Crippen LogP contribution in [0, 0.1) is 0 Å². The van der Waals surface area contributed by atoms with Crippen molar-refractivity contribution in [3.63, 3.8) is 0 Å². The van der Waals surface area contributed by atoms with Gasteiger partial charge in [-0.3, -0.25) is 0 Å². The summed E-state index contributed by atoms with van der Waals surface area (Å²) in [5.41, 5.74) is 0. The fourth-order valence-corrected chi connectivity index (χ4v) is 1.90. The highest BCUT2D eigenvalue weighted by atomic mass is 16.7. The molecular weight excluding hydrogens is 180 g/mol. The molecule has 3 heteroatoms. The lowest BCUT2D eigenvalue weighted by atomic mass is 10.1. The van der Waals surface area contributed by atoms with Gasteiger partial charge in [0.25, 0.3) is 0 Å². The summed E-state index contributed by atoms with van der Waals surface area (Å²) in [7, 11) is 0. The molecular formula is C11H16O3. The lowest BCUT2D eigenvalue weighted by Gasteiger charge is -2.38. The minimum atomic E-state index is -0.519. The molecule has 2 atom stereocenters. The third-order valence-electron chi connectivity index (χ3n) is 2.32. The minimum absolute atomic E-state index is 0.0174. The van der Waals surface area contributed by atoms with E-state index in [1.165, 1.54) is 0 Å². The first-order chi connectivity index (χ1) is 6.57. The van der Waals surface area contributed by atoms with Crippen LogP contribution >= 0.6 is 0 Å². The van der Waals surface area contributed by atoms with Gasteiger partial charge in [0.05, 0.1) is 12.4 Å². The van der Waals surface area contributed by atoms with Crippen LogP contribution in [-0.4, -0.2) is 11.9 Å². The highest BCUT2D eigenvalue weighted by Gasteiger charge is 2.35. The van der Waals surface area contributed by atoms with Gasteiger partial charge in [-0.2, -0.15) is 0 Å². The van der Waals surface area contributed by atoms with Crippen molar-refractivity contribution in [2.75, 3.05) is 0 Å². The summed E-state index contributed by atoms with van der Waals surface area (Å²) >= 11 is 0. The Hall–Kier alpha value is -0.800. The van der Waals surface area contributed by atoms with Gasteiger partial charge < -0.3 is 13.9 Å². The number of furan rings is 1. The molecule has 0 saturated carbocycles. The van der Waals surface area contributed by atoms with E-state index in [1.807, 2.05) is 26.0 Å². The Morgan fingerprint density at radius 1 is 1.36 bits per heavy atom. The van der Waals surface area contributed by atoms with Crippen LogP contribution in [0.2, 0.25) is 0 Å². The third kappa shape index (κ3) is 1.99. The molecule has 0 radical (unpaired) electrons. The zero-order chi connectivity index (χ0) is 10.2. The quantitative estimate of drug-likeness (QED) is 0.692. The van der Waals surface area contributed by atoms with Crippen LogP contribution < -0.4 is 0 Å². The van der Waals surface area contributed by atoms with Crippen molar-refractivity contribution in [2.24, 2.45) is 0 Å². The van der Waals surface area contributed by atoms with Gasteiger partial charge in [-0.1, -0.05) is 0 Å². The van der Waals surface area contributed by atoms with Crippen molar-refractivity contribution in [3.8, 4) is 0 Å². The van der Waals surface area contributed by atoms with Gasteiger partial charge in [-0.25, -0.2) is 0 Å². The van der Waals surface area contributed by atoms with E-state index < -0.39 is 5.79 Å². The summed E-state index contributed by atoms with van der Waals surface area (Å²) in [6, 6.07) is 3.82. The van der Waals surface area contributed by atoms with Crippen LogP contribution in [0.15, 0.2) is 22.8 Å². The second-order valence-electron chi connectivity index (χ2n) is 4.19. The Morgan fingerprint density at radius 2 is 2.14 bits per heavy atom. The lowest BCUT2D eigenvalue weighted by Crippen LogP contribution is -2.39. The maximum absolute atomic E-state index is 5.77. The molecule has 1 saturated heterocycles. The van der Waals surface area contributed by atoms with E-state index in [1.54, 1.807) is 6.26 Å². The van der Waals surface area contributed by atoms with Crippen molar-refractivity contribution >= 4 is 0 Å². The standard InChI is InChI=1S/C11H16O3/c1-8-7-10(9-5-4-6-12-9)14-11(2,3)13-8/h4-6,8,10H,7H2,1-3H3/t8-,10-/m1/s1. The molecule has 0 unspecified atom stereocenters. The second kappa shape index (κ2) is 3.41. The first kappa shape index (κ1) is 9.74. The van der Waals surface area contributed by atoms with Crippen LogP contribution in [0.5, 0.6) is 0 Å². The van der Waals surface area contributed by atoms with E-state index in [4.69, 9.17) is 13.9 Å². The number of hydrogen-bond acceptors (Lipinski definition) is 3. The lowest BCUT2D eigenvalue weighted by molar-refractivity contribution is -0.301. The van der Waals surface area contributed by atoms with E-state index >= 15 is 0 Å². The van der Waals surface area contributed by atoms with Crippen molar-refractivity contribution in [1.29, 1.82) is 0 Å². The van der Waals surface area contributed by atoms with Gasteiger partial charge in [0, 0.05) is 6.42 Å². The van der Waals surface area contributed by atoms with Gasteiger partial charge in [0.1, 0.15) is 11.9 Å². The Balaban J connectivity index is 2.14. The van der Waals surface area contributed by atoms with Gasteiger partial charge >= 0.3 is 0 Å². The van der Waals surface area contributed by atoms with E-state index in [9.17, 15) is 0 Å². The van der Waals surface area contributed by atoms with E-state index in [2.05, 4.69) is 6.92 Å². The van der Waals surface area contributed by atoms with Crippen LogP contribution in [0.3, 0.4) is 0 Å². The van der Waals surface area contributed by atoms with Gasteiger partial charge in [-0.05, 0) is 32.9 Å². The maximum Gasteiger partial charge on any atom is 0.164 e. The number of hydrogen-bond donors (Lipinski definition) is 0. The van der Waals surface area contributed by atoms with Crippen LogP contribution in [0.1, 0.15) is 39.1 Å². The molecule has 0 aliphatic carbocycles. The molecule has 0 spiro atoms. The van der Waals surface area contributed by atoms with Crippen molar-refractivity contribution < 1.29 is 13.9 Å². The predicted molar refractivity (Wildman–Crippen MR) is 51.8 cm³/mol. The molecule has 1 fully saturated rings. The van der Waals surface area contributed by atoms with Crippen molar-refractivity contribution in [1.82, 2.24) is 0 Å². The Labute approximate surface area is 84.0 Å². The maximum atomic E-state index is 5.77. The Kier molecular flexibility index (Phi) is 2.37. The monoisotopic (exact) mass is 196 g/mol. The summed E-state index contributed by atoms with van der Waals surface area (Å²) in [6.07, 6.45) is 2.74.